The number of anilines is 1. The standard InChI is InChI=1S/C22H20N6O10S2.Na/c23-13(31)5-38-27-14(10-7-40-22(24)25-10)17(32)26-15-18(33)28-16(20(34)35)9(6-39-19(15)28)4-37-21(36)8-1-2-11(29)12(30)3-8;/h1-3,7,15,19,29-30H,4-6H2,(H2,23,31)(H2,24,25)(H,26,32)(H,34,35);/q;+1/p-1/b27-14-;/t15-,19-;/m1./s1. The average Bonchev–Trinajstić information content (AvgIpc) is 3.34. The number of carbonyl (C=O) groups excluding carboxylic acids is 5. The maximum absolute atomic E-state index is 13.0. The minimum Gasteiger partial charge on any atom is -0.543 e. The molecule has 1 aromatic heterocycles. The number of nitrogen functional groups attached to an aromatic ring is 1. The average molecular weight is 615 g/mol. The molecule has 0 bridgehead atoms. The van der Waals surface area contributed by atoms with Crippen molar-refractivity contribution in [1.82, 2.24) is 15.2 Å². The zero-order valence-electron chi connectivity index (χ0n) is 21.1. The molecule has 1 saturated heterocycles. The SMILES string of the molecule is NC(=O)CO/N=C(\C(=O)N[C@@H]1C(=O)N2C(C(=O)[O-])=C(COC(=O)c3ccc(O)c(O)c3)CS[C@H]12)c1csc(N)n1.[Na+]. The summed E-state index contributed by atoms with van der Waals surface area (Å²) in [6.45, 7) is -1.14. The number of amides is 3. The second kappa shape index (κ2) is 13.2. The summed E-state index contributed by atoms with van der Waals surface area (Å²) in [6.07, 6.45) is 0. The fourth-order valence-electron chi connectivity index (χ4n) is 3.64. The largest absolute Gasteiger partial charge is 1.00 e. The number of ether oxygens (including phenoxy) is 1. The Balaban J connectivity index is 0.00000462. The number of benzene rings is 1. The predicted octanol–water partition coefficient (Wildman–Crippen LogP) is -5.39. The van der Waals surface area contributed by atoms with E-state index in [2.05, 4.69) is 15.5 Å². The molecule has 4 rings (SSSR count). The van der Waals surface area contributed by atoms with Gasteiger partial charge in [0.1, 0.15) is 23.7 Å². The third-order valence-electron chi connectivity index (χ3n) is 5.46. The van der Waals surface area contributed by atoms with Crippen molar-refractivity contribution in [2.75, 3.05) is 24.7 Å². The van der Waals surface area contributed by atoms with E-state index in [9.17, 15) is 39.3 Å². The van der Waals surface area contributed by atoms with Gasteiger partial charge in [-0.25, -0.2) is 9.78 Å². The first kappa shape index (κ1) is 31.7. The number of thioether (sulfide) groups is 1. The van der Waals surface area contributed by atoms with E-state index in [0.717, 1.165) is 40.1 Å². The van der Waals surface area contributed by atoms with Gasteiger partial charge >= 0.3 is 35.5 Å². The molecule has 0 unspecified atom stereocenters. The van der Waals surface area contributed by atoms with E-state index in [1.807, 2.05) is 0 Å². The van der Waals surface area contributed by atoms with Crippen LogP contribution in [0.2, 0.25) is 0 Å². The van der Waals surface area contributed by atoms with Gasteiger partial charge in [0.15, 0.2) is 28.9 Å². The fraction of sp³-hybridized carbons (Fsp3) is 0.227. The second-order valence-electron chi connectivity index (χ2n) is 8.13. The summed E-state index contributed by atoms with van der Waals surface area (Å²) < 4.78 is 5.13. The number of carboxylic acids is 1. The number of hydrogen-bond acceptors (Lipinski definition) is 15. The zero-order chi connectivity index (χ0) is 29.1. The molecular weight excluding hydrogens is 595 g/mol. The number of primary amides is 1. The number of oxime groups is 1. The Kier molecular flexibility index (Phi) is 10.2. The summed E-state index contributed by atoms with van der Waals surface area (Å²) in [6, 6.07) is 2.07. The number of rotatable bonds is 10. The van der Waals surface area contributed by atoms with E-state index in [1.165, 1.54) is 11.4 Å². The maximum Gasteiger partial charge on any atom is 1.00 e. The van der Waals surface area contributed by atoms with Crippen LogP contribution in [0, 0.1) is 0 Å². The Hall–Kier alpha value is -3.84. The minimum absolute atomic E-state index is 0. The zero-order valence-corrected chi connectivity index (χ0v) is 24.7. The molecule has 1 aromatic carbocycles. The molecule has 1 fully saturated rings. The molecule has 3 amide bonds. The van der Waals surface area contributed by atoms with E-state index < -0.39 is 77.2 Å². The van der Waals surface area contributed by atoms with Gasteiger partial charge in [0.2, 0.25) is 0 Å². The molecule has 7 N–H and O–H groups in total. The number of carboxylic acid groups (broad SMARTS) is 1. The molecule has 16 nitrogen and oxygen atoms in total. The van der Waals surface area contributed by atoms with Gasteiger partial charge in [-0.2, -0.15) is 0 Å². The topological polar surface area (TPSA) is 260 Å². The summed E-state index contributed by atoms with van der Waals surface area (Å²) >= 11 is 2.09. The quantitative estimate of drug-likeness (QED) is 0.0419. The first-order chi connectivity index (χ1) is 19.0. The number of esters is 1. The van der Waals surface area contributed by atoms with Crippen LogP contribution in [0.1, 0.15) is 16.1 Å². The monoisotopic (exact) mass is 614 g/mol. The van der Waals surface area contributed by atoms with E-state index in [1.54, 1.807) is 0 Å². The van der Waals surface area contributed by atoms with Gasteiger partial charge in [0.05, 0.1) is 17.2 Å². The molecule has 2 aliphatic rings. The van der Waals surface area contributed by atoms with Crippen molar-refractivity contribution in [3.63, 3.8) is 0 Å². The number of fused-ring (bicyclic) bond motifs is 1. The number of thiazole rings is 1. The van der Waals surface area contributed by atoms with E-state index >= 15 is 0 Å². The number of nitrogens with two attached hydrogens (primary N) is 2. The Morgan fingerprint density at radius 1 is 1.24 bits per heavy atom. The van der Waals surface area contributed by atoms with Crippen molar-refractivity contribution >= 4 is 63.6 Å². The van der Waals surface area contributed by atoms with Crippen LogP contribution in [0.4, 0.5) is 5.13 Å². The van der Waals surface area contributed by atoms with Crippen LogP contribution in [-0.2, 0) is 28.8 Å². The van der Waals surface area contributed by atoms with E-state index in [4.69, 9.17) is 21.0 Å². The molecule has 0 saturated carbocycles. The van der Waals surface area contributed by atoms with Crippen molar-refractivity contribution in [1.29, 1.82) is 0 Å². The first-order valence-electron chi connectivity index (χ1n) is 11.1. The molecule has 0 radical (unpaired) electrons. The molecule has 19 heteroatoms. The summed E-state index contributed by atoms with van der Waals surface area (Å²) in [4.78, 5) is 70.7. The normalized spacial score (nSPS) is 18.0. The van der Waals surface area contributed by atoms with Crippen molar-refractivity contribution < 1.29 is 78.4 Å². The van der Waals surface area contributed by atoms with Crippen molar-refractivity contribution in [3.05, 3.63) is 46.1 Å². The Morgan fingerprint density at radius 2 is 1.98 bits per heavy atom. The molecule has 0 spiro atoms. The molecule has 2 aliphatic heterocycles. The van der Waals surface area contributed by atoms with E-state index in [-0.39, 0.29) is 57.3 Å². The summed E-state index contributed by atoms with van der Waals surface area (Å²) in [5.41, 5.74) is 9.68. The van der Waals surface area contributed by atoms with Gasteiger partial charge < -0.3 is 46.5 Å². The smallest absolute Gasteiger partial charge is 0.543 e. The van der Waals surface area contributed by atoms with Crippen molar-refractivity contribution in [2.45, 2.75) is 11.4 Å². The summed E-state index contributed by atoms with van der Waals surface area (Å²) in [5, 5.41) is 37.6. The molecular formula is C22H19N6NaO10S2. The van der Waals surface area contributed by atoms with Gasteiger partial charge in [0, 0.05) is 16.7 Å². The van der Waals surface area contributed by atoms with Gasteiger partial charge in [0.25, 0.3) is 17.7 Å². The molecule has 210 valence electrons. The number of phenolic OH excluding ortho intramolecular Hbond substituents is 2. The fourth-order valence-corrected chi connectivity index (χ4v) is 5.52. The third kappa shape index (κ3) is 6.91. The van der Waals surface area contributed by atoms with E-state index in [0.29, 0.717) is 0 Å². The van der Waals surface area contributed by atoms with Gasteiger partial charge in [-0.3, -0.25) is 19.3 Å². The van der Waals surface area contributed by atoms with Crippen LogP contribution in [0.5, 0.6) is 11.5 Å². The number of phenols is 2. The van der Waals surface area contributed by atoms with Crippen LogP contribution >= 0.6 is 23.1 Å². The first-order valence-corrected chi connectivity index (χ1v) is 13.0. The number of aromatic nitrogens is 1. The number of aromatic hydroxyl groups is 2. The number of nitrogens with one attached hydrogen (secondary N) is 1. The Labute approximate surface area is 260 Å². The van der Waals surface area contributed by atoms with Crippen LogP contribution in [0.3, 0.4) is 0 Å². The van der Waals surface area contributed by atoms with Crippen LogP contribution in [0.25, 0.3) is 0 Å². The van der Waals surface area contributed by atoms with Gasteiger partial charge in [-0.15, -0.1) is 23.1 Å². The molecule has 41 heavy (non-hydrogen) atoms. The third-order valence-corrected chi connectivity index (χ3v) is 7.47. The van der Waals surface area contributed by atoms with Crippen molar-refractivity contribution in [2.24, 2.45) is 10.9 Å². The molecule has 3 heterocycles. The minimum atomic E-state index is -1.70. The number of carbonyl (C=O) groups is 5. The Bertz CT molecular complexity index is 1480. The number of hydrogen-bond donors (Lipinski definition) is 5. The second-order valence-corrected chi connectivity index (χ2v) is 10.1. The number of β-lactam (4-membered cyclic amide) rings is 1. The number of aliphatic carboxylic acids is 1. The summed E-state index contributed by atoms with van der Waals surface area (Å²) in [7, 11) is 0. The molecule has 2 atom stereocenters. The van der Waals surface area contributed by atoms with Crippen molar-refractivity contribution in [3.8, 4) is 11.5 Å². The van der Waals surface area contributed by atoms with Gasteiger partial charge in [-0.1, -0.05) is 5.16 Å². The number of nitrogens with zero attached hydrogens (tertiary/aromatic N) is 3. The summed E-state index contributed by atoms with van der Waals surface area (Å²) in [5.74, 6) is -6.16. The van der Waals surface area contributed by atoms with Crippen LogP contribution in [-0.4, -0.2) is 85.9 Å². The van der Waals surface area contributed by atoms with Gasteiger partial charge in [-0.05, 0) is 18.2 Å². The molecule has 0 aliphatic carbocycles. The predicted molar refractivity (Wildman–Crippen MR) is 135 cm³/mol. The van der Waals surface area contributed by atoms with Crippen LogP contribution < -0.4 is 51.4 Å². The maximum atomic E-state index is 13.0. The molecule has 2 aromatic rings. The van der Waals surface area contributed by atoms with Crippen LogP contribution in [0.15, 0.2) is 40.0 Å². The Morgan fingerprint density at radius 3 is 2.59 bits per heavy atom.